The SMILES string of the molecule is CCCCCCCC[N+](C)(C)CC(=O)OCCO. The predicted molar refractivity (Wildman–Crippen MR) is 73.3 cm³/mol. The van der Waals surface area contributed by atoms with Gasteiger partial charge in [-0.1, -0.05) is 32.6 Å². The van der Waals surface area contributed by atoms with Gasteiger partial charge in [-0.15, -0.1) is 0 Å². The van der Waals surface area contributed by atoms with E-state index in [9.17, 15) is 4.79 Å². The van der Waals surface area contributed by atoms with Crippen LogP contribution in [0.5, 0.6) is 0 Å². The van der Waals surface area contributed by atoms with Gasteiger partial charge >= 0.3 is 5.97 Å². The van der Waals surface area contributed by atoms with Crippen LogP contribution in [0.1, 0.15) is 45.4 Å². The average molecular weight is 260 g/mol. The number of quaternary nitrogens is 1. The van der Waals surface area contributed by atoms with E-state index in [0.29, 0.717) is 11.0 Å². The Bertz CT molecular complexity index is 217. The highest BCUT2D eigenvalue weighted by atomic mass is 16.5. The Hall–Kier alpha value is -0.610. The van der Waals surface area contributed by atoms with Crippen LogP contribution in [0.2, 0.25) is 0 Å². The first-order chi connectivity index (χ1) is 8.52. The zero-order chi connectivity index (χ0) is 13.9. The van der Waals surface area contributed by atoms with Crippen LogP contribution in [0.15, 0.2) is 0 Å². The molecular formula is C14H30NO3+. The molecule has 0 rings (SSSR count). The Kier molecular flexibility index (Phi) is 9.98. The molecule has 0 aliphatic carbocycles. The number of rotatable bonds is 11. The van der Waals surface area contributed by atoms with Crippen LogP contribution in [-0.2, 0) is 9.53 Å². The lowest BCUT2D eigenvalue weighted by molar-refractivity contribution is -0.883. The normalized spacial score (nSPS) is 11.6. The van der Waals surface area contributed by atoms with Crippen LogP contribution in [0.3, 0.4) is 0 Å². The monoisotopic (exact) mass is 260 g/mol. The largest absolute Gasteiger partial charge is 0.459 e. The summed E-state index contributed by atoms with van der Waals surface area (Å²) in [5.74, 6) is -0.222. The summed E-state index contributed by atoms with van der Waals surface area (Å²) in [6, 6.07) is 0. The van der Waals surface area contributed by atoms with Crippen LogP contribution in [0.25, 0.3) is 0 Å². The minimum Gasteiger partial charge on any atom is -0.459 e. The fourth-order valence-corrected chi connectivity index (χ4v) is 1.95. The molecular weight excluding hydrogens is 230 g/mol. The highest BCUT2D eigenvalue weighted by molar-refractivity contribution is 5.70. The molecule has 0 aliphatic rings. The molecule has 1 N–H and O–H groups in total. The Morgan fingerprint density at radius 2 is 1.72 bits per heavy atom. The molecule has 4 heteroatoms. The third kappa shape index (κ3) is 10.5. The molecule has 0 aromatic heterocycles. The van der Waals surface area contributed by atoms with Crippen molar-refractivity contribution in [2.24, 2.45) is 0 Å². The molecule has 0 aliphatic heterocycles. The molecule has 108 valence electrons. The van der Waals surface area contributed by atoms with Gasteiger partial charge in [0.1, 0.15) is 6.61 Å². The first kappa shape index (κ1) is 17.4. The second-order valence-electron chi connectivity index (χ2n) is 5.53. The van der Waals surface area contributed by atoms with E-state index in [1.54, 1.807) is 0 Å². The number of hydrogen-bond acceptors (Lipinski definition) is 3. The number of aliphatic hydroxyl groups is 1. The maximum absolute atomic E-state index is 11.4. The molecule has 0 saturated carbocycles. The molecule has 0 amide bonds. The maximum Gasteiger partial charge on any atom is 0.361 e. The number of ether oxygens (including phenoxy) is 1. The quantitative estimate of drug-likeness (QED) is 0.351. The minimum atomic E-state index is -0.222. The van der Waals surface area contributed by atoms with E-state index in [1.807, 2.05) is 14.1 Å². The van der Waals surface area contributed by atoms with Gasteiger partial charge in [0, 0.05) is 0 Å². The first-order valence-corrected chi connectivity index (χ1v) is 7.10. The summed E-state index contributed by atoms with van der Waals surface area (Å²) >= 11 is 0. The van der Waals surface area contributed by atoms with Gasteiger partial charge in [0.2, 0.25) is 0 Å². The highest BCUT2D eigenvalue weighted by Gasteiger charge is 2.20. The maximum atomic E-state index is 11.4. The van der Waals surface area contributed by atoms with Crippen molar-refractivity contribution in [2.75, 3.05) is 40.4 Å². The summed E-state index contributed by atoms with van der Waals surface area (Å²) in [5.41, 5.74) is 0. The van der Waals surface area contributed by atoms with Gasteiger partial charge < -0.3 is 14.3 Å². The molecule has 0 aromatic carbocycles. The number of likely N-dealkylation sites (N-methyl/N-ethyl adjacent to an activating group) is 1. The molecule has 0 bridgehead atoms. The fourth-order valence-electron chi connectivity index (χ4n) is 1.95. The lowest BCUT2D eigenvalue weighted by Crippen LogP contribution is -2.45. The van der Waals surface area contributed by atoms with Gasteiger partial charge in [0.25, 0.3) is 0 Å². The summed E-state index contributed by atoms with van der Waals surface area (Å²) in [5, 5.41) is 8.58. The summed E-state index contributed by atoms with van der Waals surface area (Å²) < 4.78 is 5.55. The van der Waals surface area contributed by atoms with Crippen LogP contribution >= 0.6 is 0 Å². The van der Waals surface area contributed by atoms with Gasteiger partial charge in [0.05, 0.1) is 27.2 Å². The van der Waals surface area contributed by atoms with Crippen molar-refractivity contribution in [3.63, 3.8) is 0 Å². The molecule has 0 saturated heterocycles. The van der Waals surface area contributed by atoms with Crippen molar-refractivity contribution in [1.29, 1.82) is 0 Å². The first-order valence-electron chi connectivity index (χ1n) is 7.10. The molecule has 0 aromatic rings. The molecule has 0 unspecified atom stereocenters. The fraction of sp³-hybridized carbons (Fsp3) is 0.929. The number of esters is 1. The van der Waals surface area contributed by atoms with Crippen LogP contribution in [-0.4, -0.2) is 56.0 Å². The van der Waals surface area contributed by atoms with E-state index in [0.717, 1.165) is 13.0 Å². The van der Waals surface area contributed by atoms with E-state index < -0.39 is 0 Å². The molecule has 0 spiro atoms. The minimum absolute atomic E-state index is 0.101. The number of carbonyl (C=O) groups excluding carboxylic acids is 1. The van der Waals surface area contributed by atoms with E-state index in [1.165, 1.54) is 32.1 Å². The third-order valence-corrected chi connectivity index (χ3v) is 3.03. The molecule has 4 nitrogen and oxygen atoms in total. The van der Waals surface area contributed by atoms with E-state index >= 15 is 0 Å². The van der Waals surface area contributed by atoms with Crippen molar-refractivity contribution in [1.82, 2.24) is 0 Å². The molecule has 18 heavy (non-hydrogen) atoms. The van der Waals surface area contributed by atoms with Crippen molar-refractivity contribution in [3.8, 4) is 0 Å². The summed E-state index contributed by atoms with van der Waals surface area (Å²) in [6.45, 7) is 3.61. The lowest BCUT2D eigenvalue weighted by atomic mass is 10.1. The molecule has 0 heterocycles. The number of aliphatic hydroxyl groups excluding tert-OH is 1. The summed E-state index contributed by atoms with van der Waals surface area (Å²) in [4.78, 5) is 11.4. The third-order valence-electron chi connectivity index (χ3n) is 3.03. The van der Waals surface area contributed by atoms with Crippen LogP contribution in [0, 0.1) is 0 Å². The zero-order valence-electron chi connectivity index (χ0n) is 12.3. The average Bonchev–Trinajstić information content (AvgIpc) is 2.30. The number of unbranched alkanes of at least 4 members (excludes halogenated alkanes) is 5. The topological polar surface area (TPSA) is 46.5 Å². The zero-order valence-corrected chi connectivity index (χ0v) is 12.3. The van der Waals surface area contributed by atoms with Crippen molar-refractivity contribution < 1.29 is 19.1 Å². The Morgan fingerprint density at radius 1 is 1.11 bits per heavy atom. The standard InChI is InChI=1S/C14H30NO3/c1-4-5-6-7-8-9-10-15(2,3)13-14(17)18-12-11-16/h16H,4-13H2,1-3H3/q+1. The lowest BCUT2D eigenvalue weighted by Gasteiger charge is -2.28. The molecule has 0 fully saturated rings. The number of hydrogen-bond donors (Lipinski definition) is 1. The molecule has 0 atom stereocenters. The van der Waals surface area contributed by atoms with E-state index in [-0.39, 0.29) is 19.2 Å². The van der Waals surface area contributed by atoms with Crippen LogP contribution < -0.4 is 0 Å². The van der Waals surface area contributed by atoms with E-state index in [4.69, 9.17) is 9.84 Å². The summed E-state index contributed by atoms with van der Waals surface area (Å²) in [7, 11) is 4.10. The van der Waals surface area contributed by atoms with Crippen molar-refractivity contribution in [3.05, 3.63) is 0 Å². The van der Waals surface area contributed by atoms with Gasteiger partial charge in [-0.25, -0.2) is 4.79 Å². The Morgan fingerprint density at radius 3 is 2.33 bits per heavy atom. The Balaban J connectivity index is 3.62. The Labute approximate surface area is 112 Å². The van der Waals surface area contributed by atoms with Gasteiger partial charge in [-0.05, 0) is 12.8 Å². The molecule has 0 radical (unpaired) electrons. The van der Waals surface area contributed by atoms with Gasteiger partial charge in [0.15, 0.2) is 6.54 Å². The second kappa shape index (κ2) is 10.3. The highest BCUT2D eigenvalue weighted by Crippen LogP contribution is 2.08. The number of carbonyl (C=O) groups is 1. The predicted octanol–water partition coefficient (Wildman–Crippen LogP) is 1.96. The van der Waals surface area contributed by atoms with Crippen molar-refractivity contribution >= 4 is 5.97 Å². The van der Waals surface area contributed by atoms with Gasteiger partial charge in [-0.3, -0.25) is 0 Å². The smallest absolute Gasteiger partial charge is 0.361 e. The van der Waals surface area contributed by atoms with Crippen molar-refractivity contribution in [2.45, 2.75) is 45.4 Å². The van der Waals surface area contributed by atoms with Gasteiger partial charge in [-0.2, -0.15) is 0 Å². The summed E-state index contributed by atoms with van der Waals surface area (Å²) in [6.07, 6.45) is 7.62. The second-order valence-corrected chi connectivity index (χ2v) is 5.53. The number of nitrogens with zero attached hydrogens (tertiary/aromatic N) is 1. The van der Waals surface area contributed by atoms with E-state index in [2.05, 4.69) is 6.92 Å². The van der Waals surface area contributed by atoms with Crippen LogP contribution in [0.4, 0.5) is 0 Å².